The minimum Gasteiger partial charge on any atom is -0.347 e. The Hall–Kier alpha value is -2.33. The second-order valence-corrected chi connectivity index (χ2v) is 7.51. The molecule has 4 nitrogen and oxygen atoms in total. The molecule has 0 aliphatic rings. The summed E-state index contributed by atoms with van der Waals surface area (Å²) in [6.07, 6.45) is 0. The number of rotatable bonds is 4. The van der Waals surface area contributed by atoms with Gasteiger partial charge in [-0.3, -0.25) is 9.59 Å². The molecule has 2 aromatic carbocycles. The van der Waals surface area contributed by atoms with Crippen molar-refractivity contribution in [2.24, 2.45) is 0 Å². The van der Waals surface area contributed by atoms with Crippen LogP contribution in [0, 0.1) is 0 Å². The normalized spacial score (nSPS) is 11.1. The van der Waals surface area contributed by atoms with Crippen LogP contribution in [0.5, 0.6) is 0 Å². The Kier molecular flexibility index (Phi) is 5.85. The van der Waals surface area contributed by atoms with Crippen LogP contribution in [-0.4, -0.2) is 29.3 Å². The van der Waals surface area contributed by atoms with Gasteiger partial charge in [0.05, 0.1) is 0 Å². The van der Waals surface area contributed by atoms with E-state index >= 15 is 0 Å². The molecule has 2 rings (SSSR count). The Balaban J connectivity index is 2.04. The van der Waals surface area contributed by atoms with E-state index in [9.17, 15) is 9.59 Å². The number of benzene rings is 2. The van der Waals surface area contributed by atoms with Crippen LogP contribution in [0.3, 0.4) is 0 Å². The SMILES string of the molecule is CN(Cc1ccc(Cl)cc1)C(=O)c1ccc(C(=O)NC(C)(C)C)cc1. The Morgan fingerprint density at radius 1 is 0.960 bits per heavy atom. The third-order valence-electron chi connectivity index (χ3n) is 3.56. The van der Waals surface area contributed by atoms with Crippen LogP contribution >= 0.6 is 11.6 Å². The Bertz CT molecular complexity index is 747. The molecular weight excluding hydrogens is 336 g/mol. The van der Waals surface area contributed by atoms with Gasteiger partial charge < -0.3 is 10.2 Å². The molecule has 5 heteroatoms. The number of hydrogen-bond acceptors (Lipinski definition) is 2. The fourth-order valence-electron chi connectivity index (χ4n) is 2.33. The van der Waals surface area contributed by atoms with Crippen molar-refractivity contribution in [1.29, 1.82) is 0 Å². The first-order chi connectivity index (χ1) is 11.7. The van der Waals surface area contributed by atoms with E-state index in [1.54, 1.807) is 48.3 Å². The number of amides is 2. The van der Waals surface area contributed by atoms with Crippen LogP contribution < -0.4 is 5.32 Å². The topological polar surface area (TPSA) is 49.4 Å². The molecule has 132 valence electrons. The minimum atomic E-state index is -0.301. The first-order valence-electron chi connectivity index (χ1n) is 8.08. The van der Waals surface area contributed by atoms with Crippen molar-refractivity contribution < 1.29 is 9.59 Å². The highest BCUT2D eigenvalue weighted by atomic mass is 35.5. The summed E-state index contributed by atoms with van der Waals surface area (Å²) in [5.74, 6) is -0.251. The van der Waals surface area contributed by atoms with Crippen molar-refractivity contribution in [3.8, 4) is 0 Å². The van der Waals surface area contributed by atoms with E-state index in [0.29, 0.717) is 22.7 Å². The third-order valence-corrected chi connectivity index (χ3v) is 3.81. The molecular formula is C20H23ClN2O2. The zero-order chi connectivity index (χ0) is 18.6. The van der Waals surface area contributed by atoms with Crippen LogP contribution in [0.4, 0.5) is 0 Å². The molecule has 0 aliphatic heterocycles. The van der Waals surface area contributed by atoms with Crippen molar-refractivity contribution in [1.82, 2.24) is 10.2 Å². The summed E-state index contributed by atoms with van der Waals surface area (Å²) in [7, 11) is 1.75. The van der Waals surface area contributed by atoms with Gasteiger partial charge in [-0.25, -0.2) is 0 Å². The van der Waals surface area contributed by atoms with Crippen LogP contribution in [0.2, 0.25) is 5.02 Å². The molecule has 0 fully saturated rings. The average molecular weight is 359 g/mol. The lowest BCUT2D eigenvalue weighted by Gasteiger charge is -2.21. The maximum absolute atomic E-state index is 12.5. The minimum absolute atomic E-state index is 0.0993. The van der Waals surface area contributed by atoms with Crippen LogP contribution in [0.1, 0.15) is 47.1 Å². The van der Waals surface area contributed by atoms with E-state index < -0.39 is 0 Å². The Labute approximate surface area is 153 Å². The van der Waals surface area contributed by atoms with Gasteiger partial charge >= 0.3 is 0 Å². The molecule has 0 unspecified atom stereocenters. The molecule has 0 atom stereocenters. The standard InChI is InChI=1S/C20H23ClN2O2/c1-20(2,3)22-18(24)15-7-9-16(10-8-15)19(25)23(4)13-14-5-11-17(21)12-6-14/h5-12H,13H2,1-4H3,(H,22,24). The summed E-state index contributed by atoms with van der Waals surface area (Å²) < 4.78 is 0. The number of nitrogens with one attached hydrogen (secondary N) is 1. The Morgan fingerprint density at radius 2 is 1.48 bits per heavy atom. The van der Waals surface area contributed by atoms with E-state index in [2.05, 4.69) is 5.32 Å². The predicted molar refractivity (Wildman–Crippen MR) is 101 cm³/mol. The van der Waals surface area contributed by atoms with E-state index in [0.717, 1.165) is 5.56 Å². The zero-order valence-corrected chi connectivity index (χ0v) is 15.7. The predicted octanol–water partition coefficient (Wildman–Crippen LogP) is 4.14. The fourth-order valence-corrected chi connectivity index (χ4v) is 2.46. The first-order valence-corrected chi connectivity index (χ1v) is 8.46. The second kappa shape index (κ2) is 7.70. The van der Waals surface area contributed by atoms with Gasteiger partial charge in [-0.1, -0.05) is 23.7 Å². The number of nitrogens with zero attached hydrogens (tertiary/aromatic N) is 1. The van der Waals surface area contributed by atoms with Crippen molar-refractivity contribution in [3.05, 3.63) is 70.2 Å². The highest BCUT2D eigenvalue weighted by Gasteiger charge is 2.17. The lowest BCUT2D eigenvalue weighted by molar-refractivity contribution is 0.0784. The first kappa shape index (κ1) is 19.0. The number of carbonyl (C=O) groups excluding carboxylic acids is 2. The second-order valence-electron chi connectivity index (χ2n) is 7.07. The van der Waals surface area contributed by atoms with Gasteiger partial charge in [0.15, 0.2) is 0 Å². The van der Waals surface area contributed by atoms with Gasteiger partial charge in [0.1, 0.15) is 0 Å². The summed E-state index contributed by atoms with van der Waals surface area (Å²) >= 11 is 5.87. The lowest BCUT2D eigenvalue weighted by atomic mass is 10.1. The number of halogens is 1. The quantitative estimate of drug-likeness (QED) is 0.892. The van der Waals surface area contributed by atoms with Gasteiger partial charge in [0.25, 0.3) is 11.8 Å². The summed E-state index contributed by atoms with van der Waals surface area (Å²) in [5.41, 5.74) is 1.78. The van der Waals surface area contributed by atoms with Gasteiger partial charge in [-0.2, -0.15) is 0 Å². The molecule has 0 heterocycles. The fraction of sp³-hybridized carbons (Fsp3) is 0.300. The van der Waals surface area contributed by atoms with E-state index in [1.807, 2.05) is 32.9 Å². The molecule has 0 saturated carbocycles. The molecule has 0 radical (unpaired) electrons. The van der Waals surface area contributed by atoms with Crippen molar-refractivity contribution in [3.63, 3.8) is 0 Å². The largest absolute Gasteiger partial charge is 0.347 e. The summed E-state index contributed by atoms with van der Waals surface area (Å²) in [5, 5.41) is 3.57. The van der Waals surface area contributed by atoms with Crippen molar-refractivity contribution >= 4 is 23.4 Å². The average Bonchev–Trinajstić information content (AvgIpc) is 2.55. The number of hydrogen-bond donors (Lipinski definition) is 1. The van der Waals surface area contributed by atoms with Gasteiger partial charge in [0, 0.05) is 35.3 Å². The molecule has 0 bridgehead atoms. The Morgan fingerprint density at radius 3 is 2.00 bits per heavy atom. The van der Waals surface area contributed by atoms with E-state index in [4.69, 9.17) is 11.6 Å². The van der Waals surface area contributed by atoms with Gasteiger partial charge in [0.2, 0.25) is 0 Å². The van der Waals surface area contributed by atoms with Crippen LogP contribution in [0.15, 0.2) is 48.5 Å². The smallest absolute Gasteiger partial charge is 0.253 e. The maximum atomic E-state index is 12.5. The number of carbonyl (C=O) groups is 2. The summed E-state index contributed by atoms with van der Waals surface area (Å²) in [6.45, 7) is 6.26. The molecule has 0 aliphatic carbocycles. The van der Waals surface area contributed by atoms with E-state index in [-0.39, 0.29) is 17.4 Å². The molecule has 2 amide bonds. The van der Waals surface area contributed by atoms with Crippen molar-refractivity contribution in [2.45, 2.75) is 32.9 Å². The molecule has 2 aromatic rings. The van der Waals surface area contributed by atoms with Gasteiger partial charge in [-0.05, 0) is 62.7 Å². The van der Waals surface area contributed by atoms with Crippen molar-refractivity contribution in [2.75, 3.05) is 7.05 Å². The molecule has 1 N–H and O–H groups in total. The monoisotopic (exact) mass is 358 g/mol. The third kappa shape index (κ3) is 5.61. The lowest BCUT2D eigenvalue weighted by Crippen LogP contribution is -2.40. The van der Waals surface area contributed by atoms with E-state index in [1.165, 1.54) is 0 Å². The molecule has 0 spiro atoms. The molecule has 25 heavy (non-hydrogen) atoms. The molecule has 0 aromatic heterocycles. The highest BCUT2D eigenvalue weighted by molar-refractivity contribution is 6.30. The van der Waals surface area contributed by atoms with Crippen LogP contribution in [-0.2, 0) is 6.54 Å². The molecule has 0 saturated heterocycles. The highest BCUT2D eigenvalue weighted by Crippen LogP contribution is 2.13. The maximum Gasteiger partial charge on any atom is 0.253 e. The zero-order valence-electron chi connectivity index (χ0n) is 15.0. The summed E-state index contributed by atoms with van der Waals surface area (Å²) in [6, 6.07) is 14.1. The van der Waals surface area contributed by atoms with Gasteiger partial charge in [-0.15, -0.1) is 0 Å². The summed E-state index contributed by atoms with van der Waals surface area (Å²) in [4.78, 5) is 26.3. The van der Waals surface area contributed by atoms with Crippen LogP contribution in [0.25, 0.3) is 0 Å².